The molecule has 0 aliphatic carbocycles. The average Bonchev–Trinajstić information content (AvgIpc) is 2.11. The van der Waals surface area contributed by atoms with Gasteiger partial charge >= 0.3 is 5.97 Å². The van der Waals surface area contributed by atoms with E-state index >= 15 is 0 Å². The van der Waals surface area contributed by atoms with E-state index in [2.05, 4.69) is 0 Å². The summed E-state index contributed by atoms with van der Waals surface area (Å²) in [6, 6.07) is 1.55. The number of carbonyl (C=O) groups is 1. The van der Waals surface area contributed by atoms with Crippen LogP contribution in [0.15, 0.2) is 12.3 Å². The molecule has 0 spiro atoms. The number of pyridine rings is 1. The van der Waals surface area contributed by atoms with Crippen molar-refractivity contribution in [2.75, 3.05) is 11.6 Å². The zero-order chi connectivity index (χ0) is 12.5. The molecule has 0 saturated heterocycles. The maximum absolute atomic E-state index is 11.8. The Kier molecular flexibility index (Phi) is 3.07. The Hall–Kier alpha value is -1.78. The van der Waals surface area contributed by atoms with Crippen LogP contribution < -0.4 is 16.3 Å². The van der Waals surface area contributed by atoms with Crippen LogP contribution in [0.2, 0.25) is 0 Å². The maximum Gasteiger partial charge on any atom is 0.341 e. The number of hydrogen-bond donors (Lipinski definition) is 2. The zero-order valence-corrected chi connectivity index (χ0v) is 10.1. The monoisotopic (exact) mass is 224 g/mol. The standard InChI is InChI=1S/C11H17N3O2/c1-7-9(12)8(5-6-14(7)13)10(15)16-11(2,3)4/h5-6H,1-4H3,(H3-,12,13,15)/p+1. The second kappa shape index (κ2) is 4.00. The Morgan fingerprint density at radius 1 is 1.44 bits per heavy atom. The van der Waals surface area contributed by atoms with Gasteiger partial charge in [0.2, 0.25) is 11.9 Å². The Balaban J connectivity index is 3.06. The summed E-state index contributed by atoms with van der Waals surface area (Å²) in [6.07, 6.45) is 1.57. The Morgan fingerprint density at radius 3 is 2.50 bits per heavy atom. The fourth-order valence-electron chi connectivity index (χ4n) is 1.20. The first-order valence-corrected chi connectivity index (χ1v) is 5.01. The van der Waals surface area contributed by atoms with Crippen molar-refractivity contribution in [2.45, 2.75) is 33.3 Å². The molecule has 1 heterocycles. The molecule has 1 aromatic heterocycles. The van der Waals surface area contributed by atoms with Gasteiger partial charge < -0.3 is 10.5 Å². The third kappa shape index (κ3) is 2.62. The van der Waals surface area contributed by atoms with Gasteiger partial charge in [-0.15, -0.1) is 0 Å². The number of hydrogen-bond acceptors (Lipinski definition) is 4. The number of nitrogens with zero attached hydrogens (tertiary/aromatic N) is 1. The first-order valence-electron chi connectivity index (χ1n) is 5.01. The van der Waals surface area contributed by atoms with Gasteiger partial charge in [0, 0.05) is 13.0 Å². The summed E-state index contributed by atoms with van der Waals surface area (Å²) in [5, 5.41) is 0. The van der Waals surface area contributed by atoms with E-state index in [1.807, 2.05) is 0 Å². The van der Waals surface area contributed by atoms with Crippen LogP contribution in [-0.2, 0) is 4.74 Å². The number of rotatable bonds is 1. The van der Waals surface area contributed by atoms with Crippen molar-refractivity contribution >= 4 is 11.7 Å². The number of carbonyl (C=O) groups excluding carboxylic acids is 1. The molecule has 5 nitrogen and oxygen atoms in total. The van der Waals surface area contributed by atoms with Crippen LogP contribution in [0, 0.1) is 6.92 Å². The van der Waals surface area contributed by atoms with E-state index in [9.17, 15) is 4.79 Å². The Bertz CT molecular complexity index is 422. The normalized spacial score (nSPS) is 11.2. The minimum atomic E-state index is -0.536. The van der Waals surface area contributed by atoms with Gasteiger partial charge in [-0.1, -0.05) is 4.68 Å². The summed E-state index contributed by atoms with van der Waals surface area (Å²) in [6.45, 7) is 7.16. The molecule has 0 saturated carbocycles. The van der Waals surface area contributed by atoms with Crippen molar-refractivity contribution in [1.82, 2.24) is 0 Å². The lowest BCUT2D eigenvalue weighted by atomic mass is 10.1. The lowest BCUT2D eigenvalue weighted by Crippen LogP contribution is -2.47. The smallest absolute Gasteiger partial charge is 0.341 e. The van der Waals surface area contributed by atoms with Crippen LogP contribution in [0.25, 0.3) is 0 Å². The van der Waals surface area contributed by atoms with Crippen molar-refractivity contribution in [3.63, 3.8) is 0 Å². The van der Waals surface area contributed by atoms with E-state index < -0.39 is 11.6 Å². The molecule has 16 heavy (non-hydrogen) atoms. The summed E-state index contributed by atoms with van der Waals surface area (Å²) in [5.74, 6) is 5.17. The van der Waals surface area contributed by atoms with E-state index in [0.717, 1.165) is 0 Å². The summed E-state index contributed by atoms with van der Waals surface area (Å²) in [4.78, 5) is 11.8. The average molecular weight is 224 g/mol. The molecule has 0 aromatic carbocycles. The number of nitrogen functional groups attached to an aromatic ring is 2. The van der Waals surface area contributed by atoms with E-state index in [1.165, 1.54) is 4.68 Å². The molecule has 0 atom stereocenters. The first-order chi connectivity index (χ1) is 7.22. The van der Waals surface area contributed by atoms with Gasteiger partial charge in [0.1, 0.15) is 11.3 Å². The predicted molar refractivity (Wildman–Crippen MR) is 61.1 cm³/mol. The van der Waals surface area contributed by atoms with Crippen LogP contribution >= 0.6 is 0 Å². The van der Waals surface area contributed by atoms with Crippen LogP contribution in [0.5, 0.6) is 0 Å². The molecule has 4 N–H and O–H groups in total. The lowest BCUT2D eigenvalue weighted by Gasteiger charge is -2.19. The highest BCUT2D eigenvalue weighted by molar-refractivity contribution is 5.95. The third-order valence-corrected chi connectivity index (χ3v) is 2.09. The Morgan fingerprint density at radius 2 is 2.00 bits per heavy atom. The Labute approximate surface area is 95.0 Å². The van der Waals surface area contributed by atoms with E-state index in [0.29, 0.717) is 16.9 Å². The van der Waals surface area contributed by atoms with Gasteiger partial charge in [-0.3, -0.25) is 0 Å². The fraction of sp³-hybridized carbons (Fsp3) is 0.455. The van der Waals surface area contributed by atoms with E-state index in [1.54, 1.807) is 40.0 Å². The lowest BCUT2D eigenvalue weighted by molar-refractivity contribution is -0.644. The van der Waals surface area contributed by atoms with Crippen LogP contribution in [0.3, 0.4) is 0 Å². The molecule has 1 aromatic rings. The number of nitrogens with two attached hydrogens (primary N) is 2. The minimum absolute atomic E-state index is 0.342. The molecule has 0 bridgehead atoms. The number of ether oxygens (including phenoxy) is 1. The van der Waals surface area contributed by atoms with E-state index in [4.69, 9.17) is 16.3 Å². The highest BCUT2D eigenvalue weighted by Gasteiger charge is 2.23. The molecular formula is C11H18N3O2+. The highest BCUT2D eigenvalue weighted by Crippen LogP contribution is 2.17. The molecule has 88 valence electrons. The summed E-state index contributed by atoms with van der Waals surface area (Å²) < 4.78 is 6.59. The van der Waals surface area contributed by atoms with E-state index in [-0.39, 0.29) is 0 Å². The maximum atomic E-state index is 11.8. The number of esters is 1. The molecule has 0 amide bonds. The molecule has 0 aliphatic rings. The zero-order valence-electron chi connectivity index (χ0n) is 10.1. The largest absolute Gasteiger partial charge is 0.456 e. The molecule has 0 unspecified atom stereocenters. The SMILES string of the molecule is Cc1c(N)c(C(=O)OC(C)(C)C)cc[n+]1N. The molecule has 5 heteroatoms. The quantitative estimate of drug-likeness (QED) is 0.414. The van der Waals surface area contributed by atoms with Gasteiger partial charge in [-0.25, -0.2) is 10.6 Å². The third-order valence-electron chi connectivity index (χ3n) is 2.09. The van der Waals surface area contributed by atoms with Crippen molar-refractivity contribution in [3.05, 3.63) is 23.5 Å². The second-order valence-corrected chi connectivity index (χ2v) is 4.64. The molecule has 0 radical (unpaired) electrons. The van der Waals surface area contributed by atoms with Crippen molar-refractivity contribution in [3.8, 4) is 0 Å². The molecule has 1 rings (SSSR count). The topological polar surface area (TPSA) is 82.2 Å². The van der Waals surface area contributed by atoms with Crippen LogP contribution in [0.4, 0.5) is 5.69 Å². The molecular weight excluding hydrogens is 206 g/mol. The van der Waals surface area contributed by atoms with Crippen molar-refractivity contribution in [1.29, 1.82) is 0 Å². The highest BCUT2D eigenvalue weighted by atomic mass is 16.6. The van der Waals surface area contributed by atoms with Gasteiger partial charge in [0.05, 0.1) is 5.56 Å². The van der Waals surface area contributed by atoms with Crippen LogP contribution in [0.1, 0.15) is 36.8 Å². The molecule has 0 fully saturated rings. The van der Waals surface area contributed by atoms with Gasteiger partial charge in [-0.2, -0.15) is 0 Å². The summed E-state index contributed by atoms with van der Waals surface area (Å²) in [7, 11) is 0. The summed E-state index contributed by atoms with van der Waals surface area (Å²) >= 11 is 0. The number of anilines is 1. The van der Waals surface area contributed by atoms with Gasteiger partial charge in [0.25, 0.3) is 0 Å². The molecule has 0 aliphatic heterocycles. The van der Waals surface area contributed by atoms with Gasteiger partial charge in [0.15, 0.2) is 0 Å². The first kappa shape index (κ1) is 12.3. The van der Waals surface area contributed by atoms with Gasteiger partial charge in [-0.05, 0) is 20.8 Å². The summed E-state index contributed by atoms with van der Waals surface area (Å²) in [5.41, 5.74) is 6.58. The van der Waals surface area contributed by atoms with Crippen LogP contribution in [-0.4, -0.2) is 11.6 Å². The predicted octanol–water partition coefficient (Wildman–Crippen LogP) is 0.534. The second-order valence-electron chi connectivity index (χ2n) is 4.64. The van der Waals surface area contributed by atoms with Crippen molar-refractivity contribution < 1.29 is 14.2 Å². The minimum Gasteiger partial charge on any atom is -0.456 e. The number of aromatic nitrogens is 1. The fourth-order valence-corrected chi connectivity index (χ4v) is 1.20. The van der Waals surface area contributed by atoms with Crippen molar-refractivity contribution in [2.24, 2.45) is 0 Å².